The predicted molar refractivity (Wildman–Crippen MR) is 82.3 cm³/mol. The van der Waals surface area contributed by atoms with Crippen LogP contribution in [-0.4, -0.2) is 10.9 Å². The van der Waals surface area contributed by atoms with Crippen molar-refractivity contribution < 1.29 is 4.79 Å². The first kappa shape index (κ1) is 12.7. The van der Waals surface area contributed by atoms with E-state index in [0.29, 0.717) is 0 Å². The summed E-state index contributed by atoms with van der Waals surface area (Å²) in [6.07, 6.45) is 2.88. The van der Waals surface area contributed by atoms with Crippen LogP contribution < -0.4 is 0 Å². The topological polar surface area (TPSA) is 22.0 Å². The minimum atomic E-state index is 0.756. The highest BCUT2D eigenvalue weighted by atomic mass is 16.1. The molecule has 0 N–H and O–H groups in total. The molecule has 3 rings (SSSR count). The third kappa shape index (κ3) is 2.03. The van der Waals surface area contributed by atoms with Crippen molar-refractivity contribution in [1.29, 1.82) is 0 Å². The second kappa shape index (κ2) is 4.97. The Bertz CT molecular complexity index is 763. The first-order valence-electron chi connectivity index (χ1n) is 6.79. The van der Waals surface area contributed by atoms with E-state index in [0.717, 1.165) is 29.3 Å². The van der Waals surface area contributed by atoms with Crippen molar-refractivity contribution in [2.75, 3.05) is 0 Å². The smallest absolute Gasteiger partial charge is 0.152 e. The molecule has 2 nitrogen and oxygen atoms in total. The molecule has 0 atom stereocenters. The zero-order valence-corrected chi connectivity index (χ0v) is 11.8. The molecular formula is C18H17NO. The number of carbonyl (C=O) groups excluding carboxylic acids is 1. The fraction of sp³-hybridized carbons (Fsp3) is 0.167. The molecule has 0 bridgehead atoms. The van der Waals surface area contributed by atoms with E-state index >= 15 is 0 Å². The molecule has 0 aliphatic carbocycles. The molecule has 2 heteroatoms. The summed E-state index contributed by atoms with van der Waals surface area (Å²) in [4.78, 5) is 11.2. The molecular weight excluding hydrogens is 246 g/mol. The lowest BCUT2D eigenvalue weighted by molar-refractivity contribution is 0.112. The van der Waals surface area contributed by atoms with E-state index in [2.05, 4.69) is 42.7 Å². The van der Waals surface area contributed by atoms with E-state index in [1.165, 1.54) is 16.7 Å². The van der Waals surface area contributed by atoms with Gasteiger partial charge in [0.2, 0.25) is 0 Å². The highest BCUT2D eigenvalue weighted by Gasteiger charge is 2.09. The van der Waals surface area contributed by atoms with Crippen LogP contribution in [0.15, 0.2) is 48.7 Å². The normalized spacial score (nSPS) is 10.9. The minimum absolute atomic E-state index is 0.756. The predicted octanol–water partition coefficient (Wildman–Crippen LogP) is 4.12. The molecule has 0 unspecified atom stereocenters. The van der Waals surface area contributed by atoms with Crippen LogP contribution in [0.25, 0.3) is 10.9 Å². The lowest BCUT2D eigenvalue weighted by Crippen LogP contribution is -2.02. The maximum Gasteiger partial charge on any atom is 0.152 e. The summed E-state index contributed by atoms with van der Waals surface area (Å²) in [6, 6.07) is 14.4. The molecule has 100 valence electrons. The number of benzene rings is 2. The molecule has 0 radical (unpaired) electrons. The molecule has 3 aromatic rings. The number of aromatic nitrogens is 1. The quantitative estimate of drug-likeness (QED) is 0.651. The van der Waals surface area contributed by atoms with Crippen molar-refractivity contribution in [2.45, 2.75) is 20.4 Å². The Labute approximate surface area is 118 Å². The van der Waals surface area contributed by atoms with Crippen LogP contribution in [0.5, 0.6) is 0 Å². The van der Waals surface area contributed by atoms with Gasteiger partial charge in [-0.25, -0.2) is 0 Å². The molecule has 1 aromatic heterocycles. The van der Waals surface area contributed by atoms with Crippen molar-refractivity contribution in [3.05, 3.63) is 70.9 Å². The van der Waals surface area contributed by atoms with Crippen LogP contribution in [-0.2, 0) is 6.54 Å². The van der Waals surface area contributed by atoms with Gasteiger partial charge in [0.15, 0.2) is 6.29 Å². The summed E-state index contributed by atoms with van der Waals surface area (Å²) in [5.41, 5.74) is 5.76. The summed E-state index contributed by atoms with van der Waals surface area (Å²) < 4.78 is 2.16. The van der Waals surface area contributed by atoms with E-state index in [1.54, 1.807) is 0 Å². The number of fused-ring (bicyclic) bond motifs is 1. The number of aryl methyl sites for hydroxylation is 2. The number of aldehydes is 1. The van der Waals surface area contributed by atoms with Crippen LogP contribution in [0.2, 0.25) is 0 Å². The van der Waals surface area contributed by atoms with Crippen LogP contribution in [0.3, 0.4) is 0 Å². The lowest BCUT2D eigenvalue weighted by atomic mass is 10.0. The molecule has 0 saturated heterocycles. The summed E-state index contributed by atoms with van der Waals surface area (Å²) in [5, 5.41) is 1.02. The van der Waals surface area contributed by atoms with Crippen molar-refractivity contribution in [3.8, 4) is 0 Å². The molecule has 0 aliphatic heterocycles. The first-order valence-corrected chi connectivity index (χ1v) is 6.79. The van der Waals surface area contributed by atoms with Gasteiger partial charge in [0.1, 0.15) is 0 Å². The van der Waals surface area contributed by atoms with Crippen molar-refractivity contribution in [1.82, 2.24) is 4.57 Å². The van der Waals surface area contributed by atoms with E-state index in [1.807, 2.05) is 24.4 Å². The number of para-hydroxylation sites is 1. The fourth-order valence-corrected chi connectivity index (χ4v) is 2.77. The number of nitrogens with zero attached hydrogens (tertiary/aromatic N) is 1. The second-order valence-corrected chi connectivity index (χ2v) is 5.22. The average Bonchev–Trinajstić information content (AvgIpc) is 2.81. The molecule has 1 heterocycles. The van der Waals surface area contributed by atoms with Gasteiger partial charge >= 0.3 is 0 Å². The van der Waals surface area contributed by atoms with Gasteiger partial charge in [-0.05, 0) is 36.6 Å². The molecule has 2 aromatic carbocycles. The van der Waals surface area contributed by atoms with Crippen LogP contribution >= 0.6 is 0 Å². The van der Waals surface area contributed by atoms with Crippen molar-refractivity contribution >= 4 is 17.2 Å². The Morgan fingerprint density at radius 2 is 1.70 bits per heavy atom. The molecule has 0 aliphatic rings. The van der Waals surface area contributed by atoms with Gasteiger partial charge in [0, 0.05) is 29.2 Å². The van der Waals surface area contributed by atoms with Crippen LogP contribution in [0.1, 0.15) is 27.0 Å². The van der Waals surface area contributed by atoms with Gasteiger partial charge in [-0.3, -0.25) is 4.79 Å². The Morgan fingerprint density at radius 1 is 1.00 bits per heavy atom. The number of carbonyl (C=O) groups is 1. The zero-order chi connectivity index (χ0) is 14.1. The molecule has 0 saturated carbocycles. The molecule has 0 amide bonds. The molecule has 0 spiro atoms. The summed E-state index contributed by atoms with van der Waals surface area (Å²) in [5.74, 6) is 0. The first-order chi connectivity index (χ1) is 9.70. The van der Waals surface area contributed by atoms with Gasteiger partial charge in [0.25, 0.3) is 0 Å². The Morgan fingerprint density at radius 3 is 2.40 bits per heavy atom. The standard InChI is InChI=1S/C18H17NO/c1-13-6-5-7-14(2)17(13)11-19-10-15(12-20)16-8-3-4-9-18(16)19/h3-10,12H,11H2,1-2H3. The molecule has 0 fully saturated rings. The highest BCUT2D eigenvalue weighted by molar-refractivity contribution is 5.97. The third-order valence-corrected chi connectivity index (χ3v) is 3.92. The SMILES string of the molecule is Cc1cccc(C)c1Cn1cc(C=O)c2ccccc21. The van der Waals surface area contributed by atoms with Gasteiger partial charge in [0.05, 0.1) is 0 Å². The van der Waals surface area contributed by atoms with E-state index < -0.39 is 0 Å². The van der Waals surface area contributed by atoms with Gasteiger partial charge in [-0.15, -0.1) is 0 Å². The third-order valence-electron chi connectivity index (χ3n) is 3.92. The van der Waals surface area contributed by atoms with Gasteiger partial charge in [-0.1, -0.05) is 36.4 Å². The Balaban J connectivity index is 2.14. The van der Waals surface area contributed by atoms with Gasteiger partial charge in [-0.2, -0.15) is 0 Å². The summed E-state index contributed by atoms with van der Waals surface area (Å²) in [6.45, 7) is 5.07. The lowest BCUT2D eigenvalue weighted by Gasteiger charge is -2.11. The fourth-order valence-electron chi connectivity index (χ4n) is 2.77. The maximum atomic E-state index is 11.2. The molecule has 20 heavy (non-hydrogen) atoms. The van der Waals surface area contributed by atoms with Gasteiger partial charge < -0.3 is 4.57 Å². The average molecular weight is 263 g/mol. The highest BCUT2D eigenvalue weighted by Crippen LogP contribution is 2.23. The zero-order valence-electron chi connectivity index (χ0n) is 11.8. The number of hydrogen-bond acceptors (Lipinski definition) is 1. The van der Waals surface area contributed by atoms with E-state index in [9.17, 15) is 4.79 Å². The van der Waals surface area contributed by atoms with Crippen LogP contribution in [0, 0.1) is 13.8 Å². The summed E-state index contributed by atoms with van der Waals surface area (Å²) in [7, 11) is 0. The second-order valence-electron chi connectivity index (χ2n) is 5.22. The number of rotatable bonds is 3. The monoisotopic (exact) mass is 263 g/mol. The largest absolute Gasteiger partial charge is 0.342 e. The van der Waals surface area contributed by atoms with Crippen LogP contribution in [0.4, 0.5) is 0 Å². The minimum Gasteiger partial charge on any atom is -0.342 e. The summed E-state index contributed by atoms with van der Waals surface area (Å²) >= 11 is 0. The van der Waals surface area contributed by atoms with E-state index in [4.69, 9.17) is 0 Å². The van der Waals surface area contributed by atoms with E-state index in [-0.39, 0.29) is 0 Å². The number of hydrogen-bond donors (Lipinski definition) is 0. The van der Waals surface area contributed by atoms with Crippen molar-refractivity contribution in [3.63, 3.8) is 0 Å². The maximum absolute atomic E-state index is 11.2. The Hall–Kier alpha value is -2.35. The van der Waals surface area contributed by atoms with Crippen molar-refractivity contribution in [2.24, 2.45) is 0 Å². The Kier molecular flexibility index (Phi) is 3.15.